The number of nitrogens with zero attached hydrogens (tertiary/aromatic N) is 1. The number of benzene rings is 4. The van der Waals surface area contributed by atoms with Crippen molar-refractivity contribution in [2.75, 3.05) is 0 Å². The summed E-state index contributed by atoms with van der Waals surface area (Å²) < 4.78 is 0. The summed E-state index contributed by atoms with van der Waals surface area (Å²) in [5.74, 6) is 0. The molecule has 0 aliphatic heterocycles. The van der Waals surface area contributed by atoms with Gasteiger partial charge < -0.3 is 0 Å². The molecule has 0 aromatic heterocycles. The molecule has 0 radical (unpaired) electrons. The van der Waals surface area contributed by atoms with Gasteiger partial charge in [0.25, 0.3) is 5.69 Å². The Hall–Kier alpha value is -3.95. The van der Waals surface area contributed by atoms with Gasteiger partial charge in [0.1, 0.15) is 0 Å². The molecule has 232 valence electrons. The van der Waals surface area contributed by atoms with Crippen LogP contribution in [0, 0.1) is 10.1 Å². The molecule has 5 rings (SSSR count). The number of unbranched alkanes of at least 4 members (excludes halogenated alkanes) is 6. The normalized spacial score (nSPS) is 13.4. The zero-order valence-electron chi connectivity index (χ0n) is 26.6. The van der Waals surface area contributed by atoms with E-state index >= 15 is 0 Å². The highest BCUT2D eigenvalue weighted by Crippen LogP contribution is 2.57. The Morgan fingerprint density at radius 2 is 1.22 bits per heavy atom. The van der Waals surface area contributed by atoms with E-state index in [1.807, 2.05) is 24.3 Å². The van der Waals surface area contributed by atoms with Crippen LogP contribution in [0.15, 0.2) is 84.9 Å². The molecule has 1 aliphatic carbocycles. The van der Waals surface area contributed by atoms with E-state index in [1.54, 1.807) is 12.1 Å². The zero-order chi connectivity index (χ0) is 31.6. The van der Waals surface area contributed by atoms with Crippen LogP contribution in [0.3, 0.4) is 0 Å². The van der Waals surface area contributed by atoms with Crippen LogP contribution in [-0.2, 0) is 5.41 Å². The fraction of sp³-hybridized carbons (Fsp3) is 0.317. The van der Waals surface area contributed by atoms with Crippen molar-refractivity contribution in [1.82, 2.24) is 0 Å². The lowest BCUT2D eigenvalue weighted by Crippen LogP contribution is -2.26. The Morgan fingerprint density at radius 3 is 1.82 bits per heavy atom. The Morgan fingerprint density at radius 1 is 0.667 bits per heavy atom. The third-order valence-electron chi connectivity index (χ3n) is 9.26. The third kappa shape index (κ3) is 7.48. The Bertz CT molecular complexity index is 1640. The van der Waals surface area contributed by atoms with Gasteiger partial charge in [0.05, 0.1) is 4.92 Å². The molecule has 0 unspecified atom stereocenters. The molecule has 0 bridgehead atoms. The average Bonchev–Trinajstić information content (AvgIpc) is 3.35. The van der Waals surface area contributed by atoms with E-state index in [0.29, 0.717) is 0 Å². The quantitative estimate of drug-likeness (QED) is 0.0576. The minimum absolute atomic E-state index is 0.0513. The second-order valence-corrected chi connectivity index (χ2v) is 12.7. The third-order valence-corrected chi connectivity index (χ3v) is 9.51. The summed E-state index contributed by atoms with van der Waals surface area (Å²) in [6.45, 7) is 4.56. The second-order valence-electron chi connectivity index (χ2n) is 12.3. The SMILES string of the molecule is CCCCCCC1(CCCCCC)c2ccccc2-c2c(/C=C/c3ccc([N+](=O)[O-])cc3)ccc(/C=C/c3ccc(Cl)cc3)c21. The molecule has 0 amide bonds. The van der Waals surface area contributed by atoms with Crippen molar-refractivity contribution < 1.29 is 4.92 Å². The van der Waals surface area contributed by atoms with Gasteiger partial charge in [0, 0.05) is 22.6 Å². The van der Waals surface area contributed by atoms with Crippen molar-refractivity contribution in [3.05, 3.63) is 133 Å². The molecule has 0 saturated heterocycles. The number of nitro benzene ring substituents is 1. The first kappa shape index (κ1) is 32.4. The first-order chi connectivity index (χ1) is 22.0. The summed E-state index contributed by atoms with van der Waals surface area (Å²) in [6.07, 6.45) is 20.9. The van der Waals surface area contributed by atoms with Crippen molar-refractivity contribution >= 4 is 41.6 Å². The van der Waals surface area contributed by atoms with Crippen LogP contribution >= 0.6 is 11.6 Å². The summed E-state index contributed by atoms with van der Waals surface area (Å²) in [7, 11) is 0. The lowest BCUT2D eigenvalue weighted by atomic mass is 9.69. The van der Waals surface area contributed by atoms with Crippen molar-refractivity contribution in [1.29, 1.82) is 0 Å². The largest absolute Gasteiger partial charge is 0.269 e. The lowest BCUT2D eigenvalue weighted by molar-refractivity contribution is -0.384. The number of non-ortho nitro benzene ring substituents is 1. The van der Waals surface area contributed by atoms with E-state index in [1.165, 1.54) is 84.7 Å². The summed E-state index contributed by atoms with van der Waals surface area (Å²) in [5, 5.41) is 11.9. The predicted molar refractivity (Wildman–Crippen MR) is 193 cm³/mol. The number of rotatable bonds is 15. The summed E-state index contributed by atoms with van der Waals surface area (Å²) >= 11 is 6.19. The molecule has 4 aromatic carbocycles. The van der Waals surface area contributed by atoms with Gasteiger partial charge in [-0.3, -0.25) is 10.1 Å². The Balaban J connectivity index is 1.66. The maximum atomic E-state index is 11.2. The van der Waals surface area contributed by atoms with Gasteiger partial charge in [-0.1, -0.05) is 150 Å². The van der Waals surface area contributed by atoms with E-state index in [-0.39, 0.29) is 16.0 Å². The van der Waals surface area contributed by atoms with Crippen molar-refractivity contribution in [2.45, 2.75) is 83.5 Å². The fourth-order valence-electron chi connectivity index (χ4n) is 6.98. The maximum Gasteiger partial charge on any atom is 0.269 e. The van der Waals surface area contributed by atoms with Crippen LogP contribution in [0.1, 0.15) is 111 Å². The summed E-state index contributed by atoms with van der Waals surface area (Å²) in [6, 6.07) is 28.4. The van der Waals surface area contributed by atoms with Gasteiger partial charge in [-0.05, 0) is 81.6 Å². The molecule has 0 saturated carbocycles. The Kier molecular flexibility index (Phi) is 11.1. The van der Waals surface area contributed by atoms with Crippen LogP contribution in [0.4, 0.5) is 5.69 Å². The van der Waals surface area contributed by atoms with Gasteiger partial charge >= 0.3 is 0 Å². The maximum absolute atomic E-state index is 11.2. The molecule has 4 aromatic rings. The summed E-state index contributed by atoms with van der Waals surface area (Å²) in [5.41, 5.74) is 10.2. The first-order valence-corrected chi connectivity index (χ1v) is 17.0. The standard InChI is InChI=1S/C41H44ClNO2/c1-3-5-7-11-29-41(30-12-8-6-4-2)38-14-10-9-13-37(38)39-33(21-15-32-19-27-36(28-20-32)43(44)45)23-24-34(40(39)41)22-16-31-17-25-35(42)26-18-31/h9-10,13-28H,3-8,11-12,29-30H2,1-2H3/b21-15+,22-16+. The molecule has 0 heterocycles. The number of hydrogen-bond acceptors (Lipinski definition) is 2. The predicted octanol–water partition coefficient (Wildman–Crippen LogP) is 12.8. The number of fused-ring (bicyclic) bond motifs is 3. The van der Waals surface area contributed by atoms with Gasteiger partial charge in [-0.25, -0.2) is 0 Å². The van der Waals surface area contributed by atoms with E-state index < -0.39 is 0 Å². The molecule has 0 spiro atoms. The molecule has 3 nitrogen and oxygen atoms in total. The van der Waals surface area contributed by atoms with Crippen molar-refractivity contribution in [3.63, 3.8) is 0 Å². The van der Waals surface area contributed by atoms with Crippen LogP contribution in [0.2, 0.25) is 5.02 Å². The van der Waals surface area contributed by atoms with Crippen LogP contribution < -0.4 is 0 Å². The van der Waals surface area contributed by atoms with Crippen molar-refractivity contribution in [3.8, 4) is 11.1 Å². The lowest BCUT2D eigenvalue weighted by Gasteiger charge is -2.34. The van der Waals surface area contributed by atoms with Crippen molar-refractivity contribution in [2.24, 2.45) is 0 Å². The number of hydrogen-bond donors (Lipinski definition) is 0. The second kappa shape index (κ2) is 15.4. The van der Waals surface area contributed by atoms with Crippen LogP contribution in [0.25, 0.3) is 35.4 Å². The minimum Gasteiger partial charge on any atom is -0.258 e. The Labute approximate surface area is 273 Å². The number of nitro groups is 1. The van der Waals surface area contributed by atoms with E-state index in [9.17, 15) is 10.1 Å². The van der Waals surface area contributed by atoms with Gasteiger partial charge in [0.2, 0.25) is 0 Å². The molecule has 4 heteroatoms. The molecule has 0 N–H and O–H groups in total. The highest BCUT2D eigenvalue weighted by atomic mass is 35.5. The summed E-state index contributed by atoms with van der Waals surface area (Å²) in [4.78, 5) is 10.8. The van der Waals surface area contributed by atoms with Gasteiger partial charge in [0.15, 0.2) is 0 Å². The topological polar surface area (TPSA) is 43.1 Å². The fourth-order valence-corrected chi connectivity index (χ4v) is 7.10. The molecular formula is C41H44ClNO2. The molecular weight excluding hydrogens is 574 g/mol. The minimum atomic E-state index is -0.353. The van der Waals surface area contributed by atoms with E-state index in [4.69, 9.17) is 11.6 Å². The first-order valence-electron chi connectivity index (χ1n) is 16.6. The molecule has 0 atom stereocenters. The molecule has 45 heavy (non-hydrogen) atoms. The smallest absolute Gasteiger partial charge is 0.258 e. The van der Waals surface area contributed by atoms with Gasteiger partial charge in [-0.15, -0.1) is 0 Å². The molecule has 0 fully saturated rings. The number of halogens is 1. The highest BCUT2D eigenvalue weighted by Gasteiger charge is 2.44. The van der Waals surface area contributed by atoms with E-state index in [0.717, 1.165) is 29.0 Å². The average molecular weight is 618 g/mol. The monoisotopic (exact) mass is 617 g/mol. The van der Waals surface area contributed by atoms with Crippen LogP contribution in [0.5, 0.6) is 0 Å². The zero-order valence-corrected chi connectivity index (χ0v) is 27.4. The van der Waals surface area contributed by atoms with Gasteiger partial charge in [-0.2, -0.15) is 0 Å². The highest BCUT2D eigenvalue weighted by molar-refractivity contribution is 6.30. The van der Waals surface area contributed by atoms with Crippen LogP contribution in [-0.4, -0.2) is 4.92 Å². The van der Waals surface area contributed by atoms with E-state index in [2.05, 4.69) is 86.7 Å². The molecule has 1 aliphatic rings.